The first kappa shape index (κ1) is 101. The van der Waals surface area contributed by atoms with Gasteiger partial charge < -0.3 is 74.1 Å². The van der Waals surface area contributed by atoms with Crippen LogP contribution >= 0.6 is 15.9 Å². The molecule has 5 saturated heterocycles. The molecule has 0 saturated carbocycles. The molecule has 22 nitrogen and oxygen atoms in total. The van der Waals surface area contributed by atoms with E-state index in [0.717, 1.165) is 108 Å². The van der Waals surface area contributed by atoms with Gasteiger partial charge in [0.05, 0.1) is 0 Å². The van der Waals surface area contributed by atoms with Crippen LogP contribution in [-0.2, 0) is 66.9 Å². The summed E-state index contributed by atoms with van der Waals surface area (Å²) in [6, 6.07) is 0. The molecule has 0 aromatic carbocycles. The Kier molecular flexibility index (Phi) is 50.9. The number of nitrogens with one attached hydrogen (secondary N) is 2. The second-order valence-corrected chi connectivity index (χ2v) is 34.7. The Morgan fingerprint density at radius 2 is 0.636 bits per heavy atom. The third-order valence-corrected chi connectivity index (χ3v) is 17.5. The maximum atomic E-state index is 12.8. The van der Waals surface area contributed by atoms with Gasteiger partial charge in [0.1, 0.15) is 33.6 Å². The Labute approximate surface area is 631 Å². The van der Waals surface area contributed by atoms with Crippen LogP contribution in [-0.4, -0.2) is 206 Å². The van der Waals surface area contributed by atoms with Gasteiger partial charge in [0, 0.05) is 18.5 Å². The molecule has 0 unspecified atom stereocenters. The van der Waals surface area contributed by atoms with Crippen molar-refractivity contribution in [1.29, 1.82) is 0 Å². The number of aliphatic hydroxyl groups is 2. The van der Waals surface area contributed by atoms with Gasteiger partial charge in [0.2, 0.25) is 0 Å². The van der Waals surface area contributed by atoms with Gasteiger partial charge in [-0.2, -0.15) is 0 Å². The normalized spacial score (nSPS) is 17.8. The Morgan fingerprint density at radius 1 is 0.424 bits per heavy atom. The minimum atomic E-state index is -1.26. The minimum absolute atomic E-state index is 0. The largest absolute Gasteiger partial charge is 1.00 e. The molecule has 0 aliphatic carbocycles. The Hall–Kier alpha value is -2.55. The minimum Gasteiger partial charge on any atom is -0.662 e. The van der Waals surface area contributed by atoms with Crippen LogP contribution in [0.4, 0.5) is 0 Å². The number of esters is 6. The molecule has 0 radical (unpaired) electrons. The summed E-state index contributed by atoms with van der Waals surface area (Å²) >= 11 is 3.49. The molecular weight excluding hydrogens is 1350 g/mol. The number of halogens is 1. The van der Waals surface area contributed by atoms with Crippen molar-refractivity contribution < 1.29 is 112 Å². The zero-order valence-corrected chi connectivity index (χ0v) is 70.6. The van der Waals surface area contributed by atoms with Crippen LogP contribution in [0.15, 0.2) is 0 Å². The summed E-state index contributed by atoms with van der Waals surface area (Å²) in [4.78, 5) is 92.6. The Bertz CT molecular complexity index is 2090. The smallest absolute Gasteiger partial charge is 0.662 e. The van der Waals surface area contributed by atoms with Crippen LogP contribution < -0.4 is 45.4 Å². The summed E-state index contributed by atoms with van der Waals surface area (Å²) < 4.78 is 32.3. The first-order valence-electron chi connectivity index (χ1n) is 36.4. The number of piperidine rings is 5. The summed E-state index contributed by atoms with van der Waals surface area (Å²) in [5.74, 6) is -0.286. The average Bonchev–Trinajstić information content (AvgIpc) is 0.813. The first-order valence-corrected chi connectivity index (χ1v) is 37.5. The van der Waals surface area contributed by atoms with Crippen molar-refractivity contribution in [2.45, 2.75) is 288 Å². The second kappa shape index (κ2) is 50.0. The molecule has 0 atom stereocenters. The molecule has 0 amide bonds. The van der Waals surface area contributed by atoms with E-state index in [9.17, 15) is 28.8 Å². The summed E-state index contributed by atoms with van der Waals surface area (Å²) in [6.45, 7) is 49.2. The van der Waals surface area contributed by atoms with E-state index in [2.05, 4.69) is 67.3 Å². The van der Waals surface area contributed by atoms with E-state index in [0.29, 0.717) is 37.9 Å². The molecule has 0 bridgehead atoms. The van der Waals surface area contributed by atoms with Gasteiger partial charge in [-0.15, -0.1) is 0 Å². The molecular formula is C75H143BrN5NaO17. The van der Waals surface area contributed by atoms with Crippen molar-refractivity contribution in [3.8, 4) is 0 Å². The molecule has 5 aliphatic rings. The molecule has 0 aromatic rings. The molecule has 99 heavy (non-hydrogen) atoms. The quantitative estimate of drug-likeness (QED) is 0.0139. The molecule has 5 fully saturated rings. The number of ether oxygens (including phenoxy) is 6. The Balaban J connectivity index is -0.00000115. The van der Waals surface area contributed by atoms with E-state index >= 15 is 0 Å². The van der Waals surface area contributed by atoms with Crippen molar-refractivity contribution in [2.75, 3.05) is 105 Å². The van der Waals surface area contributed by atoms with Gasteiger partial charge in [-0.1, -0.05) is 15.9 Å². The number of nitrogens with zero attached hydrogens (tertiary/aromatic N) is 3. The van der Waals surface area contributed by atoms with Crippen LogP contribution in [0.2, 0.25) is 0 Å². The predicted molar refractivity (Wildman–Crippen MR) is 390 cm³/mol. The fourth-order valence-electron chi connectivity index (χ4n) is 10.9. The zero-order chi connectivity index (χ0) is 75.9. The van der Waals surface area contributed by atoms with Gasteiger partial charge >= 0.3 is 65.4 Å². The number of hydrogen-bond donors (Lipinski definition) is 4. The van der Waals surface area contributed by atoms with Crippen LogP contribution in [0.3, 0.4) is 0 Å². The summed E-state index contributed by atoms with van der Waals surface area (Å²) in [5.41, 5.74) is -6.22. The zero-order valence-electron chi connectivity index (χ0n) is 67.0. The third kappa shape index (κ3) is 51.3. The van der Waals surface area contributed by atoms with Crippen LogP contribution in [0.1, 0.15) is 255 Å². The van der Waals surface area contributed by atoms with Gasteiger partial charge in [-0.3, -0.25) is 33.6 Å². The maximum Gasteiger partial charge on any atom is 1.00 e. The number of carbonyl (C=O) groups excluding carboxylic acids is 7. The van der Waals surface area contributed by atoms with E-state index in [4.69, 9.17) is 48.7 Å². The standard InChI is InChI=1S/C20H37NO4.C19H35NO4.C12H22O4.C8H16BrN.C8H17NO.C7H15NO.CH2O3.Na/c1-18(2,3)24-16(22)20(7,17(23)25-19(4,5)6)12-9-15-10-13-21(8)14-11-15;1-17(2,3)23-15(21)19(7,16(22)24-18(4,5)6)11-8-14-9-12-20-13-10-14;1-8(9(13)15-11(2,3)4)10(14)16-12(5,6)7;1-10-6-3-8(2-5-9)4-7-10;1-9-5-2-8(3-6-9)4-7-10;9-6-3-7-1-4-8-5-2-7;2-1-4-3;/h15H,9-14H2,1-8H3;14,20H,8-13H2,1-7H3;8H,1-7H3;8H,2-7H2,1H3;8,10H,2-7H2,1H3;7-9H,1-6H2;1,3H;/q;;;;;;;+1/p-1. The maximum absolute atomic E-state index is 12.8. The van der Waals surface area contributed by atoms with Crippen molar-refractivity contribution in [2.24, 2.45) is 46.3 Å². The molecule has 4 N–H and O–H groups in total. The van der Waals surface area contributed by atoms with Crippen molar-refractivity contribution in [3.05, 3.63) is 0 Å². The molecule has 5 heterocycles. The second-order valence-electron chi connectivity index (χ2n) is 33.9. The van der Waals surface area contributed by atoms with Crippen LogP contribution in [0.25, 0.3) is 0 Å². The first-order chi connectivity index (χ1) is 45.0. The number of alkyl halides is 1. The molecule has 0 spiro atoms. The molecule has 5 rings (SSSR count). The van der Waals surface area contributed by atoms with Gasteiger partial charge in [0.25, 0.3) is 6.47 Å². The van der Waals surface area contributed by atoms with E-state index in [1.165, 1.54) is 83.4 Å². The number of rotatable bonds is 19. The SMILES string of the molecule is CC(C(=O)OC(C)(C)C)C(=O)OC(C)(C)C.CC(C)(C)OC(=O)C(C)(CCC1CCNCC1)C(=O)OC(C)(C)C.CN1CCC(CCBr)CC1.CN1CCC(CCC(C)(C(=O)OC(C)(C)C)C(=O)OC(C)(C)C)CC1.CN1CCC(CCO)CC1.O=CO[O-].OCCC1CCNCC1.[Na+]. The molecule has 5 aliphatic heterocycles. The fraction of sp³-hybridized carbons (Fsp3) is 0.907. The van der Waals surface area contributed by atoms with Crippen LogP contribution in [0.5, 0.6) is 0 Å². The Morgan fingerprint density at radius 3 is 0.848 bits per heavy atom. The van der Waals surface area contributed by atoms with Gasteiger partial charge in [0.15, 0.2) is 16.7 Å². The molecule has 0 aromatic heterocycles. The third-order valence-electron chi connectivity index (χ3n) is 17.1. The summed E-state index contributed by atoms with van der Waals surface area (Å²) in [6.07, 6.45) is 18.2. The summed E-state index contributed by atoms with van der Waals surface area (Å²) in [7, 11) is 6.50. The van der Waals surface area contributed by atoms with Crippen molar-refractivity contribution >= 4 is 58.2 Å². The van der Waals surface area contributed by atoms with Gasteiger partial charge in [-0.05, 0) is 371 Å². The van der Waals surface area contributed by atoms with E-state index in [-0.39, 0.29) is 36.0 Å². The molecule has 578 valence electrons. The fourth-order valence-corrected chi connectivity index (χ4v) is 11.6. The topological polar surface area (TPSA) is 281 Å². The van der Waals surface area contributed by atoms with E-state index < -0.39 is 86.2 Å². The summed E-state index contributed by atoms with van der Waals surface area (Å²) in [5, 5.41) is 33.5. The average molecular weight is 1490 g/mol. The van der Waals surface area contributed by atoms with Crippen LogP contribution in [0, 0.1) is 46.3 Å². The predicted octanol–water partition coefficient (Wildman–Crippen LogP) is 8.19. The number of hydrogen-bond acceptors (Lipinski definition) is 22. The number of aliphatic hydroxyl groups excluding tert-OH is 2. The monoisotopic (exact) mass is 1490 g/mol. The number of likely N-dealkylation sites (tertiary alicyclic amines) is 3. The van der Waals surface area contributed by atoms with E-state index in [1.54, 1.807) is 55.4 Å². The van der Waals surface area contributed by atoms with Gasteiger partial charge in [-0.25, -0.2) is 0 Å². The van der Waals surface area contributed by atoms with Crippen molar-refractivity contribution in [1.82, 2.24) is 25.3 Å². The molecule has 24 heteroatoms. The van der Waals surface area contributed by atoms with E-state index in [1.807, 2.05) is 83.1 Å². The number of carbonyl (C=O) groups is 7. The van der Waals surface area contributed by atoms with Crippen molar-refractivity contribution in [3.63, 3.8) is 0 Å².